The largest absolute Gasteiger partial charge is 0.395 e. The molecule has 1 aromatic carbocycles. The first-order valence-electron chi connectivity index (χ1n) is 4.72. The number of nitrogens with one attached hydrogen (secondary N) is 1. The Labute approximate surface area is 97.6 Å². The standard InChI is InChI=1S/C11H14BrNO2/c1-7-6-10(12)8(2)5-9(7)11(15)13-3-4-14/h5-6,14H,3-4H2,1-2H3,(H,13,15). The van der Waals surface area contributed by atoms with Crippen molar-refractivity contribution in [1.29, 1.82) is 0 Å². The lowest BCUT2D eigenvalue weighted by molar-refractivity contribution is 0.0944. The van der Waals surface area contributed by atoms with Gasteiger partial charge in [0.2, 0.25) is 0 Å². The van der Waals surface area contributed by atoms with Crippen molar-refractivity contribution in [2.75, 3.05) is 13.2 Å². The highest BCUT2D eigenvalue weighted by Crippen LogP contribution is 2.20. The van der Waals surface area contributed by atoms with E-state index in [-0.39, 0.29) is 19.1 Å². The van der Waals surface area contributed by atoms with Crippen LogP contribution < -0.4 is 5.32 Å². The van der Waals surface area contributed by atoms with Crippen molar-refractivity contribution in [1.82, 2.24) is 5.32 Å². The molecule has 82 valence electrons. The number of benzene rings is 1. The molecule has 3 nitrogen and oxygen atoms in total. The summed E-state index contributed by atoms with van der Waals surface area (Å²) in [6.07, 6.45) is 0. The van der Waals surface area contributed by atoms with Crippen molar-refractivity contribution >= 4 is 21.8 Å². The molecule has 0 heterocycles. The predicted molar refractivity (Wildman–Crippen MR) is 63.0 cm³/mol. The molecule has 0 atom stereocenters. The average Bonchev–Trinajstić information content (AvgIpc) is 2.20. The molecule has 2 N–H and O–H groups in total. The van der Waals surface area contributed by atoms with Crippen LogP contribution in [0, 0.1) is 13.8 Å². The van der Waals surface area contributed by atoms with Gasteiger partial charge in [-0.15, -0.1) is 0 Å². The number of rotatable bonds is 3. The smallest absolute Gasteiger partial charge is 0.251 e. The zero-order valence-corrected chi connectivity index (χ0v) is 10.4. The van der Waals surface area contributed by atoms with Crippen molar-refractivity contribution in [2.45, 2.75) is 13.8 Å². The Bertz CT molecular complexity index is 377. The molecule has 1 rings (SSSR count). The van der Waals surface area contributed by atoms with Gasteiger partial charge >= 0.3 is 0 Å². The number of hydrogen-bond acceptors (Lipinski definition) is 2. The number of carbonyl (C=O) groups is 1. The van der Waals surface area contributed by atoms with Gasteiger partial charge in [0.05, 0.1) is 6.61 Å². The molecule has 1 amide bonds. The van der Waals surface area contributed by atoms with Crippen LogP contribution >= 0.6 is 15.9 Å². The second kappa shape index (κ2) is 5.28. The highest BCUT2D eigenvalue weighted by atomic mass is 79.9. The summed E-state index contributed by atoms with van der Waals surface area (Å²) in [6.45, 7) is 4.07. The van der Waals surface area contributed by atoms with Gasteiger partial charge in [-0.1, -0.05) is 15.9 Å². The third-order valence-corrected chi connectivity index (χ3v) is 3.00. The van der Waals surface area contributed by atoms with Crippen LogP contribution in [-0.2, 0) is 0 Å². The van der Waals surface area contributed by atoms with E-state index < -0.39 is 0 Å². The van der Waals surface area contributed by atoms with Crippen LogP contribution in [0.3, 0.4) is 0 Å². The SMILES string of the molecule is Cc1cc(C(=O)NCCO)c(C)cc1Br. The van der Waals surface area contributed by atoms with E-state index >= 15 is 0 Å². The molecule has 0 unspecified atom stereocenters. The third-order valence-electron chi connectivity index (χ3n) is 2.15. The number of aliphatic hydroxyl groups is 1. The first-order chi connectivity index (χ1) is 7.06. The number of carbonyl (C=O) groups excluding carboxylic acids is 1. The van der Waals surface area contributed by atoms with E-state index in [1.807, 2.05) is 26.0 Å². The highest BCUT2D eigenvalue weighted by Gasteiger charge is 2.09. The molecule has 4 heteroatoms. The van der Waals surface area contributed by atoms with Crippen LogP contribution in [0.5, 0.6) is 0 Å². The van der Waals surface area contributed by atoms with Crippen molar-refractivity contribution in [3.05, 3.63) is 33.3 Å². The van der Waals surface area contributed by atoms with E-state index in [0.29, 0.717) is 5.56 Å². The van der Waals surface area contributed by atoms with Gasteiger partial charge in [0.15, 0.2) is 0 Å². The van der Waals surface area contributed by atoms with E-state index in [2.05, 4.69) is 21.2 Å². The quantitative estimate of drug-likeness (QED) is 0.881. The third kappa shape index (κ3) is 3.04. The van der Waals surface area contributed by atoms with Gasteiger partial charge in [-0.3, -0.25) is 4.79 Å². The van der Waals surface area contributed by atoms with E-state index in [0.717, 1.165) is 15.6 Å². The Morgan fingerprint density at radius 2 is 2.07 bits per heavy atom. The maximum atomic E-state index is 11.7. The molecule has 1 aromatic rings. The summed E-state index contributed by atoms with van der Waals surface area (Å²) in [4.78, 5) is 11.7. The Morgan fingerprint density at radius 1 is 1.40 bits per heavy atom. The topological polar surface area (TPSA) is 49.3 Å². The highest BCUT2D eigenvalue weighted by molar-refractivity contribution is 9.10. The fraction of sp³-hybridized carbons (Fsp3) is 0.364. The summed E-state index contributed by atoms with van der Waals surface area (Å²) in [5.74, 6) is -0.142. The molecule has 0 aliphatic carbocycles. The molecule has 0 bridgehead atoms. The summed E-state index contributed by atoms with van der Waals surface area (Å²) < 4.78 is 0.999. The van der Waals surface area contributed by atoms with E-state index in [9.17, 15) is 4.79 Å². The lowest BCUT2D eigenvalue weighted by Gasteiger charge is -2.08. The number of aliphatic hydroxyl groups excluding tert-OH is 1. The first kappa shape index (κ1) is 12.2. The summed E-state index contributed by atoms with van der Waals surface area (Å²) in [7, 11) is 0. The second-order valence-corrected chi connectivity index (χ2v) is 4.25. The Kier molecular flexibility index (Phi) is 4.29. The predicted octanol–water partition coefficient (Wildman–Crippen LogP) is 1.79. The minimum Gasteiger partial charge on any atom is -0.395 e. The summed E-state index contributed by atoms with van der Waals surface area (Å²) in [5, 5.41) is 11.2. The van der Waals surface area contributed by atoms with Crippen LogP contribution in [0.4, 0.5) is 0 Å². The summed E-state index contributed by atoms with van der Waals surface area (Å²) in [6, 6.07) is 3.76. The van der Waals surface area contributed by atoms with E-state index in [1.54, 1.807) is 0 Å². The first-order valence-corrected chi connectivity index (χ1v) is 5.51. The van der Waals surface area contributed by atoms with Gasteiger partial charge in [0, 0.05) is 16.6 Å². The van der Waals surface area contributed by atoms with Crippen molar-refractivity contribution in [2.24, 2.45) is 0 Å². The normalized spacial score (nSPS) is 10.1. The Balaban J connectivity index is 2.94. The molecule has 0 aliphatic rings. The van der Waals surface area contributed by atoms with Gasteiger partial charge in [-0.2, -0.15) is 0 Å². The summed E-state index contributed by atoms with van der Waals surface area (Å²) >= 11 is 3.41. The van der Waals surface area contributed by atoms with Gasteiger partial charge in [-0.25, -0.2) is 0 Å². The van der Waals surface area contributed by atoms with Gasteiger partial charge in [0.1, 0.15) is 0 Å². The fourth-order valence-electron chi connectivity index (χ4n) is 1.29. The van der Waals surface area contributed by atoms with Crippen LogP contribution in [0.15, 0.2) is 16.6 Å². The monoisotopic (exact) mass is 271 g/mol. The van der Waals surface area contributed by atoms with Gasteiger partial charge in [0.25, 0.3) is 5.91 Å². The number of hydrogen-bond donors (Lipinski definition) is 2. The summed E-state index contributed by atoms with van der Waals surface area (Å²) in [5.41, 5.74) is 2.60. The van der Waals surface area contributed by atoms with Crippen molar-refractivity contribution in [3.63, 3.8) is 0 Å². The maximum Gasteiger partial charge on any atom is 0.251 e. The van der Waals surface area contributed by atoms with Crippen LogP contribution in [-0.4, -0.2) is 24.2 Å². The van der Waals surface area contributed by atoms with Crippen LogP contribution in [0.1, 0.15) is 21.5 Å². The molecule has 0 spiro atoms. The molecule has 15 heavy (non-hydrogen) atoms. The minimum atomic E-state index is -0.142. The molecular formula is C11H14BrNO2. The molecule has 0 saturated carbocycles. The lowest BCUT2D eigenvalue weighted by atomic mass is 10.1. The number of aryl methyl sites for hydroxylation is 2. The van der Waals surface area contributed by atoms with Crippen LogP contribution in [0.25, 0.3) is 0 Å². The number of amides is 1. The van der Waals surface area contributed by atoms with Crippen LogP contribution in [0.2, 0.25) is 0 Å². The van der Waals surface area contributed by atoms with Gasteiger partial charge < -0.3 is 10.4 Å². The van der Waals surface area contributed by atoms with E-state index in [4.69, 9.17) is 5.11 Å². The fourth-order valence-corrected chi connectivity index (χ4v) is 1.75. The number of halogens is 1. The molecule has 0 radical (unpaired) electrons. The molecular weight excluding hydrogens is 258 g/mol. The second-order valence-electron chi connectivity index (χ2n) is 3.40. The molecule has 0 aromatic heterocycles. The van der Waals surface area contributed by atoms with Gasteiger partial charge in [-0.05, 0) is 37.1 Å². The zero-order chi connectivity index (χ0) is 11.4. The van der Waals surface area contributed by atoms with E-state index in [1.165, 1.54) is 0 Å². The van der Waals surface area contributed by atoms with Crippen molar-refractivity contribution in [3.8, 4) is 0 Å². The molecule has 0 fully saturated rings. The zero-order valence-electron chi connectivity index (χ0n) is 8.80. The lowest BCUT2D eigenvalue weighted by Crippen LogP contribution is -2.27. The van der Waals surface area contributed by atoms with Crippen molar-refractivity contribution < 1.29 is 9.90 Å². The Morgan fingerprint density at radius 3 is 2.67 bits per heavy atom. The molecule has 0 saturated heterocycles. The minimum absolute atomic E-state index is 0.0414. The maximum absolute atomic E-state index is 11.7. The Hall–Kier alpha value is -0.870. The average molecular weight is 272 g/mol. The molecule has 0 aliphatic heterocycles.